The maximum Gasteiger partial charge on any atom is 0.250 e. The lowest BCUT2D eigenvalue weighted by Gasteiger charge is -2.05. The summed E-state index contributed by atoms with van der Waals surface area (Å²) in [6.07, 6.45) is 6.99. The van der Waals surface area contributed by atoms with Crippen LogP contribution in [0.25, 0.3) is 0 Å². The first kappa shape index (κ1) is 16.2. The zero-order valence-corrected chi connectivity index (χ0v) is 13.5. The molecule has 2 rings (SSSR count). The topological polar surface area (TPSA) is 84.2 Å². The minimum absolute atomic E-state index is 0.128. The van der Waals surface area contributed by atoms with Crippen molar-refractivity contribution in [1.29, 1.82) is 0 Å². The summed E-state index contributed by atoms with van der Waals surface area (Å²) in [5.74, 6) is 0. The standard InChI is InChI=1S/C13H19N3O3S2/c1-11-8-13(20-12(11)9-17)21(18,19)15-4-2-3-6-16-7-5-14-10-16/h5,7-8,10,15,17H,2-4,6,9H2,1H3. The summed E-state index contributed by atoms with van der Waals surface area (Å²) in [4.78, 5) is 4.64. The summed E-state index contributed by atoms with van der Waals surface area (Å²) in [5.41, 5.74) is 0.808. The number of imidazole rings is 1. The van der Waals surface area contributed by atoms with E-state index in [1.54, 1.807) is 25.5 Å². The minimum atomic E-state index is -3.47. The number of nitrogens with one attached hydrogen (secondary N) is 1. The van der Waals surface area contributed by atoms with Gasteiger partial charge >= 0.3 is 0 Å². The molecule has 6 nitrogen and oxygen atoms in total. The molecule has 0 aromatic carbocycles. The van der Waals surface area contributed by atoms with Crippen LogP contribution < -0.4 is 4.72 Å². The Bertz CT molecular complexity index is 663. The minimum Gasteiger partial charge on any atom is -0.391 e. The summed E-state index contributed by atoms with van der Waals surface area (Å²) < 4.78 is 29.0. The van der Waals surface area contributed by atoms with Crippen LogP contribution >= 0.6 is 11.3 Å². The van der Waals surface area contributed by atoms with Crippen molar-refractivity contribution < 1.29 is 13.5 Å². The highest BCUT2D eigenvalue weighted by atomic mass is 32.2. The van der Waals surface area contributed by atoms with Crippen molar-refractivity contribution in [3.8, 4) is 0 Å². The molecule has 0 atom stereocenters. The molecule has 0 aliphatic heterocycles. The van der Waals surface area contributed by atoms with Gasteiger partial charge in [-0.05, 0) is 31.4 Å². The number of rotatable bonds is 8. The lowest BCUT2D eigenvalue weighted by molar-refractivity contribution is 0.285. The lowest BCUT2D eigenvalue weighted by Crippen LogP contribution is -2.24. The number of aliphatic hydroxyl groups is 1. The fourth-order valence-electron chi connectivity index (χ4n) is 1.89. The molecule has 2 heterocycles. The zero-order valence-electron chi connectivity index (χ0n) is 11.8. The van der Waals surface area contributed by atoms with Crippen molar-refractivity contribution in [2.45, 2.75) is 37.1 Å². The third-order valence-electron chi connectivity index (χ3n) is 3.10. The van der Waals surface area contributed by atoms with Gasteiger partial charge in [0.25, 0.3) is 0 Å². The van der Waals surface area contributed by atoms with Crippen molar-refractivity contribution >= 4 is 21.4 Å². The smallest absolute Gasteiger partial charge is 0.250 e. The maximum absolute atomic E-state index is 12.1. The van der Waals surface area contributed by atoms with E-state index in [4.69, 9.17) is 5.11 Å². The Kier molecular flexibility index (Phi) is 5.51. The molecule has 21 heavy (non-hydrogen) atoms. The van der Waals surface area contributed by atoms with Gasteiger partial charge in [-0.2, -0.15) is 0 Å². The highest BCUT2D eigenvalue weighted by Gasteiger charge is 2.17. The van der Waals surface area contributed by atoms with Crippen molar-refractivity contribution in [2.75, 3.05) is 6.54 Å². The molecule has 116 valence electrons. The first-order valence-corrected chi connectivity index (χ1v) is 8.98. The van der Waals surface area contributed by atoms with E-state index >= 15 is 0 Å². The molecular weight excluding hydrogens is 310 g/mol. The summed E-state index contributed by atoms with van der Waals surface area (Å²) in [6.45, 7) is 2.90. The second-order valence-electron chi connectivity index (χ2n) is 4.74. The Morgan fingerprint density at radius 1 is 1.43 bits per heavy atom. The molecule has 8 heteroatoms. The summed E-state index contributed by atoms with van der Waals surface area (Å²) in [5, 5.41) is 9.12. The molecular formula is C13H19N3O3S2. The van der Waals surface area contributed by atoms with Crippen molar-refractivity contribution in [1.82, 2.24) is 14.3 Å². The lowest BCUT2D eigenvalue weighted by atomic mass is 10.3. The van der Waals surface area contributed by atoms with Crippen LogP contribution in [0.3, 0.4) is 0 Å². The molecule has 2 aromatic rings. The first-order chi connectivity index (χ1) is 10.0. The second-order valence-corrected chi connectivity index (χ2v) is 7.87. The third-order valence-corrected chi connectivity index (χ3v) is 6.26. The van der Waals surface area contributed by atoms with Crippen LogP contribution in [-0.2, 0) is 23.2 Å². The second kappa shape index (κ2) is 7.17. The Morgan fingerprint density at radius 3 is 2.86 bits per heavy atom. The SMILES string of the molecule is Cc1cc(S(=O)(=O)NCCCCn2ccnc2)sc1CO. The van der Waals surface area contributed by atoms with Gasteiger partial charge in [-0.15, -0.1) is 11.3 Å². The highest BCUT2D eigenvalue weighted by molar-refractivity contribution is 7.91. The predicted octanol–water partition coefficient (Wildman–Crippen LogP) is 1.50. The number of thiophene rings is 1. The number of sulfonamides is 1. The van der Waals surface area contributed by atoms with E-state index in [-0.39, 0.29) is 10.8 Å². The van der Waals surface area contributed by atoms with Crippen LogP contribution in [-0.4, -0.2) is 29.6 Å². The Labute approximate surface area is 128 Å². The molecule has 0 unspecified atom stereocenters. The third kappa shape index (κ3) is 4.37. The number of unbranched alkanes of at least 4 members (excludes halogenated alkanes) is 1. The molecule has 0 saturated heterocycles. The van der Waals surface area contributed by atoms with E-state index in [0.29, 0.717) is 11.4 Å². The van der Waals surface area contributed by atoms with Crippen molar-refractivity contribution in [3.05, 3.63) is 35.2 Å². The largest absolute Gasteiger partial charge is 0.391 e. The Morgan fingerprint density at radius 2 is 2.24 bits per heavy atom. The van der Waals surface area contributed by atoms with Gasteiger partial charge in [-0.1, -0.05) is 0 Å². The number of hydrogen-bond acceptors (Lipinski definition) is 5. The number of aliphatic hydroxyl groups excluding tert-OH is 1. The van der Waals surface area contributed by atoms with Crippen molar-refractivity contribution in [2.24, 2.45) is 0 Å². The van der Waals surface area contributed by atoms with E-state index in [0.717, 1.165) is 36.3 Å². The molecule has 0 fully saturated rings. The van der Waals surface area contributed by atoms with Crippen LogP contribution in [0.2, 0.25) is 0 Å². The summed E-state index contributed by atoms with van der Waals surface area (Å²) >= 11 is 1.12. The van der Waals surface area contributed by atoms with Crippen LogP contribution in [0.1, 0.15) is 23.3 Å². The molecule has 2 N–H and O–H groups in total. The molecule has 0 aliphatic rings. The highest BCUT2D eigenvalue weighted by Crippen LogP contribution is 2.25. The van der Waals surface area contributed by atoms with Gasteiger partial charge in [0.1, 0.15) is 4.21 Å². The Balaban J connectivity index is 1.80. The first-order valence-electron chi connectivity index (χ1n) is 6.68. The summed E-state index contributed by atoms with van der Waals surface area (Å²) in [7, 11) is -3.47. The summed E-state index contributed by atoms with van der Waals surface area (Å²) in [6, 6.07) is 1.60. The fourth-order valence-corrected chi connectivity index (χ4v) is 4.46. The number of aryl methyl sites for hydroxylation is 2. The molecule has 0 radical (unpaired) electrons. The molecule has 0 aliphatic carbocycles. The van der Waals surface area contributed by atoms with E-state index < -0.39 is 10.0 Å². The van der Waals surface area contributed by atoms with Crippen LogP contribution in [0.5, 0.6) is 0 Å². The van der Waals surface area contributed by atoms with E-state index in [2.05, 4.69) is 9.71 Å². The van der Waals surface area contributed by atoms with E-state index in [1.165, 1.54) is 0 Å². The van der Waals surface area contributed by atoms with Gasteiger partial charge in [0.05, 0.1) is 12.9 Å². The number of nitrogens with zero attached hydrogens (tertiary/aromatic N) is 2. The average Bonchev–Trinajstić information content (AvgIpc) is 3.07. The fraction of sp³-hybridized carbons (Fsp3) is 0.462. The number of aromatic nitrogens is 2. The van der Waals surface area contributed by atoms with Gasteiger partial charge in [0.2, 0.25) is 10.0 Å². The molecule has 0 bridgehead atoms. The van der Waals surface area contributed by atoms with Crippen LogP contribution in [0.4, 0.5) is 0 Å². The number of hydrogen-bond donors (Lipinski definition) is 2. The predicted molar refractivity (Wildman–Crippen MR) is 81.6 cm³/mol. The maximum atomic E-state index is 12.1. The van der Waals surface area contributed by atoms with Crippen LogP contribution in [0.15, 0.2) is 29.0 Å². The zero-order chi connectivity index (χ0) is 15.3. The van der Waals surface area contributed by atoms with Gasteiger partial charge in [0.15, 0.2) is 0 Å². The monoisotopic (exact) mass is 329 g/mol. The average molecular weight is 329 g/mol. The van der Waals surface area contributed by atoms with Gasteiger partial charge in [-0.3, -0.25) is 0 Å². The molecule has 2 aromatic heterocycles. The van der Waals surface area contributed by atoms with Gasteiger partial charge < -0.3 is 9.67 Å². The molecule has 0 spiro atoms. The van der Waals surface area contributed by atoms with E-state index in [9.17, 15) is 8.42 Å². The van der Waals surface area contributed by atoms with Crippen molar-refractivity contribution in [3.63, 3.8) is 0 Å². The Hall–Kier alpha value is -1.22. The van der Waals surface area contributed by atoms with E-state index in [1.807, 2.05) is 10.8 Å². The van der Waals surface area contributed by atoms with Gasteiger partial charge in [-0.25, -0.2) is 18.1 Å². The molecule has 0 saturated carbocycles. The quantitative estimate of drug-likeness (QED) is 0.719. The van der Waals surface area contributed by atoms with Crippen LogP contribution in [0, 0.1) is 6.92 Å². The van der Waals surface area contributed by atoms with Gasteiger partial charge in [0, 0.05) is 30.4 Å². The normalized spacial score (nSPS) is 11.9. The molecule has 0 amide bonds.